The Morgan fingerprint density at radius 1 is 1.46 bits per heavy atom. The average molecular weight is 223 g/mol. The van der Waals surface area contributed by atoms with Gasteiger partial charge < -0.3 is 5.32 Å². The van der Waals surface area contributed by atoms with Crippen molar-refractivity contribution in [2.45, 2.75) is 19.9 Å². The second kappa shape index (κ2) is 8.30. The lowest BCUT2D eigenvalue weighted by Gasteiger charge is -2.10. The lowest BCUT2D eigenvalue weighted by Crippen LogP contribution is -2.17. The van der Waals surface area contributed by atoms with Gasteiger partial charge in [0.2, 0.25) is 0 Å². The van der Waals surface area contributed by atoms with E-state index >= 15 is 0 Å². The Bertz CT molecular complexity index is 204. The molecule has 0 amide bonds. The molecule has 1 N–H and O–H groups in total. The number of pyridine rings is 1. The van der Waals surface area contributed by atoms with Crippen LogP contribution < -0.4 is 5.32 Å². The molecule has 0 fully saturated rings. The monoisotopic (exact) mass is 222 g/mol. The summed E-state index contributed by atoms with van der Waals surface area (Å²) >= 11 is 0. The standard InChI is InChI=1S/C9H14N2.2ClH/c1-3-11-8(2)9-5-4-6-10-7-9;;/h4-8,11H,3H2,1-2H3;2*1H. The van der Waals surface area contributed by atoms with Crippen molar-refractivity contribution in [3.63, 3.8) is 0 Å². The zero-order valence-electron chi connectivity index (χ0n) is 7.86. The highest BCUT2D eigenvalue weighted by Gasteiger charge is 2.00. The first-order chi connectivity index (χ1) is 5.34. The molecule has 1 heterocycles. The Hall–Kier alpha value is -0.310. The molecule has 0 radical (unpaired) electrons. The van der Waals surface area contributed by atoms with Crippen LogP contribution in [0.2, 0.25) is 0 Å². The second-order valence-corrected chi connectivity index (χ2v) is 2.57. The number of hydrogen-bond acceptors (Lipinski definition) is 2. The Balaban J connectivity index is 0. The molecular formula is C9H16Cl2N2. The van der Waals surface area contributed by atoms with Crippen molar-refractivity contribution in [2.75, 3.05) is 6.54 Å². The number of rotatable bonds is 3. The van der Waals surface area contributed by atoms with Crippen LogP contribution >= 0.6 is 24.8 Å². The number of aromatic nitrogens is 1. The molecule has 0 bridgehead atoms. The molecular weight excluding hydrogens is 207 g/mol. The van der Waals surface area contributed by atoms with Crippen molar-refractivity contribution in [1.29, 1.82) is 0 Å². The number of halogens is 2. The summed E-state index contributed by atoms with van der Waals surface area (Å²) in [6, 6.07) is 4.46. The number of nitrogens with zero attached hydrogens (tertiary/aromatic N) is 1. The van der Waals surface area contributed by atoms with E-state index in [1.54, 1.807) is 6.20 Å². The van der Waals surface area contributed by atoms with Crippen LogP contribution in [-0.4, -0.2) is 11.5 Å². The highest BCUT2D eigenvalue weighted by Crippen LogP contribution is 2.08. The van der Waals surface area contributed by atoms with Gasteiger partial charge in [-0.1, -0.05) is 13.0 Å². The van der Waals surface area contributed by atoms with Gasteiger partial charge in [0.25, 0.3) is 0 Å². The van der Waals surface area contributed by atoms with Gasteiger partial charge in [0.05, 0.1) is 0 Å². The summed E-state index contributed by atoms with van der Waals surface area (Å²) in [6.07, 6.45) is 3.69. The van der Waals surface area contributed by atoms with E-state index in [1.807, 2.05) is 12.3 Å². The zero-order chi connectivity index (χ0) is 8.10. The molecule has 0 saturated carbocycles. The molecule has 1 aromatic heterocycles. The lowest BCUT2D eigenvalue weighted by molar-refractivity contribution is 0.596. The van der Waals surface area contributed by atoms with E-state index in [0.717, 1.165) is 6.54 Å². The first-order valence-electron chi connectivity index (χ1n) is 3.98. The van der Waals surface area contributed by atoms with Gasteiger partial charge in [-0.05, 0) is 25.1 Å². The largest absolute Gasteiger partial charge is 0.310 e. The maximum atomic E-state index is 4.05. The van der Waals surface area contributed by atoms with E-state index < -0.39 is 0 Å². The zero-order valence-corrected chi connectivity index (χ0v) is 9.49. The van der Waals surface area contributed by atoms with Crippen LogP contribution in [0.4, 0.5) is 0 Å². The van der Waals surface area contributed by atoms with Crippen molar-refractivity contribution < 1.29 is 0 Å². The predicted molar refractivity (Wildman–Crippen MR) is 60.8 cm³/mol. The molecule has 1 aromatic rings. The van der Waals surface area contributed by atoms with E-state index in [-0.39, 0.29) is 24.8 Å². The van der Waals surface area contributed by atoms with E-state index in [0.29, 0.717) is 6.04 Å². The molecule has 1 unspecified atom stereocenters. The molecule has 0 aliphatic rings. The van der Waals surface area contributed by atoms with Crippen LogP contribution in [-0.2, 0) is 0 Å². The van der Waals surface area contributed by atoms with E-state index in [4.69, 9.17) is 0 Å². The molecule has 0 spiro atoms. The molecule has 2 nitrogen and oxygen atoms in total. The Morgan fingerprint density at radius 2 is 2.15 bits per heavy atom. The van der Waals surface area contributed by atoms with Crippen LogP contribution in [0.25, 0.3) is 0 Å². The fourth-order valence-electron chi connectivity index (χ4n) is 1.06. The summed E-state index contributed by atoms with van der Waals surface area (Å²) in [6.45, 7) is 5.24. The summed E-state index contributed by atoms with van der Waals surface area (Å²) in [7, 11) is 0. The summed E-state index contributed by atoms with van der Waals surface area (Å²) in [5.74, 6) is 0. The molecule has 1 atom stereocenters. The molecule has 4 heteroatoms. The minimum atomic E-state index is 0. The fraction of sp³-hybridized carbons (Fsp3) is 0.444. The third kappa shape index (κ3) is 5.09. The van der Waals surface area contributed by atoms with Crippen LogP contribution in [0, 0.1) is 0 Å². The first-order valence-corrected chi connectivity index (χ1v) is 3.98. The van der Waals surface area contributed by atoms with Crippen molar-refractivity contribution in [3.8, 4) is 0 Å². The summed E-state index contributed by atoms with van der Waals surface area (Å²) in [4.78, 5) is 4.05. The Labute approximate surface area is 92.0 Å². The second-order valence-electron chi connectivity index (χ2n) is 2.57. The smallest absolute Gasteiger partial charge is 0.0315 e. The highest BCUT2D eigenvalue weighted by molar-refractivity contribution is 5.85. The minimum Gasteiger partial charge on any atom is -0.310 e. The molecule has 0 aromatic carbocycles. The van der Waals surface area contributed by atoms with Gasteiger partial charge >= 0.3 is 0 Å². The van der Waals surface area contributed by atoms with Crippen molar-refractivity contribution in [3.05, 3.63) is 30.1 Å². The first kappa shape index (κ1) is 15.2. The third-order valence-electron chi connectivity index (χ3n) is 1.69. The van der Waals surface area contributed by atoms with Gasteiger partial charge in [0.1, 0.15) is 0 Å². The van der Waals surface area contributed by atoms with E-state index in [2.05, 4.69) is 30.2 Å². The molecule has 76 valence electrons. The van der Waals surface area contributed by atoms with Crippen LogP contribution in [0.3, 0.4) is 0 Å². The van der Waals surface area contributed by atoms with Gasteiger partial charge in [-0.15, -0.1) is 24.8 Å². The number of nitrogens with one attached hydrogen (secondary N) is 1. The maximum Gasteiger partial charge on any atom is 0.0315 e. The SMILES string of the molecule is CCNC(C)c1cccnc1.Cl.Cl. The van der Waals surface area contributed by atoms with Crippen LogP contribution in [0.15, 0.2) is 24.5 Å². The van der Waals surface area contributed by atoms with E-state index in [9.17, 15) is 0 Å². The third-order valence-corrected chi connectivity index (χ3v) is 1.69. The molecule has 0 aliphatic heterocycles. The van der Waals surface area contributed by atoms with Crippen molar-refractivity contribution in [2.24, 2.45) is 0 Å². The topological polar surface area (TPSA) is 24.9 Å². The van der Waals surface area contributed by atoms with Gasteiger partial charge in [0.15, 0.2) is 0 Å². The Kier molecular flexibility index (Phi) is 9.68. The molecule has 0 aliphatic carbocycles. The number of hydrogen-bond donors (Lipinski definition) is 1. The van der Waals surface area contributed by atoms with Gasteiger partial charge in [-0.2, -0.15) is 0 Å². The quantitative estimate of drug-likeness (QED) is 0.851. The fourth-order valence-corrected chi connectivity index (χ4v) is 1.06. The van der Waals surface area contributed by atoms with Crippen molar-refractivity contribution in [1.82, 2.24) is 10.3 Å². The molecule has 0 saturated heterocycles. The summed E-state index contributed by atoms with van der Waals surface area (Å²) < 4.78 is 0. The van der Waals surface area contributed by atoms with Crippen molar-refractivity contribution >= 4 is 24.8 Å². The Morgan fingerprint density at radius 3 is 2.62 bits per heavy atom. The van der Waals surface area contributed by atoms with Crippen LogP contribution in [0.5, 0.6) is 0 Å². The lowest BCUT2D eigenvalue weighted by atomic mass is 10.1. The highest BCUT2D eigenvalue weighted by atomic mass is 35.5. The van der Waals surface area contributed by atoms with Gasteiger partial charge in [-0.25, -0.2) is 0 Å². The molecule has 13 heavy (non-hydrogen) atoms. The van der Waals surface area contributed by atoms with Crippen LogP contribution in [0.1, 0.15) is 25.5 Å². The summed E-state index contributed by atoms with van der Waals surface area (Å²) in [5, 5.41) is 3.32. The minimum absolute atomic E-state index is 0. The van der Waals surface area contributed by atoms with Gasteiger partial charge in [0, 0.05) is 18.4 Å². The average Bonchev–Trinajstić information content (AvgIpc) is 2.07. The van der Waals surface area contributed by atoms with Gasteiger partial charge in [-0.3, -0.25) is 4.98 Å². The maximum absolute atomic E-state index is 4.05. The van der Waals surface area contributed by atoms with E-state index in [1.165, 1.54) is 5.56 Å². The summed E-state index contributed by atoms with van der Waals surface area (Å²) in [5.41, 5.74) is 1.24. The molecule has 1 rings (SSSR count). The normalized spacial score (nSPS) is 10.9. The predicted octanol–water partition coefficient (Wildman–Crippen LogP) is 2.60.